The lowest BCUT2D eigenvalue weighted by Crippen LogP contribution is -2.12. The highest BCUT2D eigenvalue weighted by Crippen LogP contribution is 2.43. The Morgan fingerprint density at radius 1 is 1.29 bits per heavy atom. The van der Waals surface area contributed by atoms with Crippen molar-refractivity contribution in [3.63, 3.8) is 0 Å². The normalized spacial score (nSPS) is 12.3. The van der Waals surface area contributed by atoms with Crippen LogP contribution in [0.1, 0.15) is 18.5 Å². The predicted octanol–water partition coefficient (Wildman–Crippen LogP) is 5.26. The maximum Gasteiger partial charge on any atom is 0.434 e. The SMILES string of the molecule is CCc1nc2c(Cl)cc(F)c(-c3nn(C)c(C(F)(F)F)c3Cl)c2o1. The van der Waals surface area contributed by atoms with Gasteiger partial charge < -0.3 is 4.42 Å². The third-order valence-electron chi connectivity index (χ3n) is 3.41. The molecule has 0 amide bonds. The van der Waals surface area contributed by atoms with Crippen molar-refractivity contribution in [1.29, 1.82) is 0 Å². The van der Waals surface area contributed by atoms with E-state index in [1.807, 2.05) is 0 Å². The van der Waals surface area contributed by atoms with E-state index in [-0.39, 0.29) is 33.3 Å². The molecule has 0 radical (unpaired) electrons. The molecule has 24 heavy (non-hydrogen) atoms. The molecule has 0 bridgehead atoms. The number of alkyl halides is 3. The van der Waals surface area contributed by atoms with E-state index in [2.05, 4.69) is 10.1 Å². The van der Waals surface area contributed by atoms with Gasteiger partial charge >= 0.3 is 6.18 Å². The van der Waals surface area contributed by atoms with Gasteiger partial charge in [0.15, 0.2) is 17.2 Å². The monoisotopic (exact) mass is 381 g/mol. The standard InChI is InChI=1S/C14H9Cl2F4N3O/c1-3-7-21-10-5(15)4-6(17)8(12(10)24-7)11-9(16)13(14(18,19)20)23(2)22-11/h4H,3H2,1-2H3. The van der Waals surface area contributed by atoms with Gasteiger partial charge in [0.1, 0.15) is 17.0 Å². The van der Waals surface area contributed by atoms with E-state index in [9.17, 15) is 17.6 Å². The van der Waals surface area contributed by atoms with E-state index in [1.54, 1.807) is 6.92 Å². The topological polar surface area (TPSA) is 43.9 Å². The van der Waals surface area contributed by atoms with Gasteiger partial charge in [-0.3, -0.25) is 4.68 Å². The second-order valence-electron chi connectivity index (χ2n) is 4.99. The number of hydrogen-bond acceptors (Lipinski definition) is 3. The van der Waals surface area contributed by atoms with Crippen molar-refractivity contribution in [1.82, 2.24) is 14.8 Å². The van der Waals surface area contributed by atoms with Gasteiger partial charge in [-0.15, -0.1) is 0 Å². The molecule has 0 aliphatic heterocycles. The number of nitrogens with zero attached hydrogens (tertiary/aromatic N) is 3. The zero-order chi connectivity index (χ0) is 17.8. The van der Waals surface area contributed by atoms with Crippen LogP contribution in [-0.4, -0.2) is 14.8 Å². The molecule has 0 atom stereocenters. The molecular formula is C14H9Cl2F4N3O. The lowest BCUT2D eigenvalue weighted by atomic mass is 10.1. The maximum atomic E-state index is 14.4. The van der Waals surface area contributed by atoms with E-state index < -0.39 is 22.7 Å². The van der Waals surface area contributed by atoms with Crippen molar-refractivity contribution < 1.29 is 22.0 Å². The fourth-order valence-corrected chi connectivity index (χ4v) is 2.98. The van der Waals surface area contributed by atoms with Gasteiger partial charge in [0, 0.05) is 13.5 Å². The molecule has 3 rings (SSSR count). The Morgan fingerprint density at radius 3 is 2.50 bits per heavy atom. The van der Waals surface area contributed by atoms with Gasteiger partial charge in [0.25, 0.3) is 0 Å². The van der Waals surface area contributed by atoms with E-state index in [1.165, 1.54) is 0 Å². The zero-order valence-corrected chi connectivity index (χ0v) is 13.8. The van der Waals surface area contributed by atoms with E-state index in [4.69, 9.17) is 27.6 Å². The largest absolute Gasteiger partial charge is 0.440 e. The van der Waals surface area contributed by atoms with Crippen LogP contribution in [0.4, 0.5) is 17.6 Å². The van der Waals surface area contributed by atoms with Crippen LogP contribution in [0.3, 0.4) is 0 Å². The van der Waals surface area contributed by atoms with Crippen LogP contribution in [-0.2, 0) is 19.6 Å². The number of rotatable bonds is 2. The van der Waals surface area contributed by atoms with Gasteiger partial charge in [-0.2, -0.15) is 18.3 Å². The Labute approximate surface area is 143 Å². The Kier molecular flexibility index (Phi) is 4.00. The summed E-state index contributed by atoms with van der Waals surface area (Å²) in [6.07, 6.45) is -4.34. The highest BCUT2D eigenvalue weighted by Gasteiger charge is 2.40. The Bertz CT molecular complexity index is 946. The summed E-state index contributed by atoms with van der Waals surface area (Å²) in [4.78, 5) is 4.10. The molecule has 0 saturated heterocycles. The summed E-state index contributed by atoms with van der Waals surface area (Å²) < 4.78 is 59.7. The van der Waals surface area contributed by atoms with Crippen LogP contribution < -0.4 is 0 Å². The third kappa shape index (κ3) is 2.53. The summed E-state index contributed by atoms with van der Waals surface area (Å²) in [6.45, 7) is 1.75. The summed E-state index contributed by atoms with van der Waals surface area (Å²) >= 11 is 11.8. The van der Waals surface area contributed by atoms with Crippen molar-refractivity contribution >= 4 is 34.3 Å². The molecule has 0 unspecified atom stereocenters. The van der Waals surface area contributed by atoms with Crippen LogP contribution in [0, 0.1) is 5.82 Å². The Morgan fingerprint density at radius 2 is 1.96 bits per heavy atom. The first kappa shape index (κ1) is 17.0. The molecular weight excluding hydrogens is 373 g/mol. The second kappa shape index (κ2) is 5.63. The number of benzene rings is 1. The first-order valence-electron chi connectivity index (χ1n) is 6.72. The smallest absolute Gasteiger partial charge is 0.434 e. The number of halogens is 6. The van der Waals surface area contributed by atoms with Crippen LogP contribution in [0.2, 0.25) is 10.0 Å². The lowest BCUT2D eigenvalue weighted by Gasteiger charge is -2.06. The van der Waals surface area contributed by atoms with Gasteiger partial charge in [-0.05, 0) is 6.07 Å². The minimum atomic E-state index is -4.74. The Balaban J connectivity index is 2.37. The molecule has 2 heterocycles. The first-order chi connectivity index (χ1) is 11.1. The number of oxazole rings is 1. The van der Waals surface area contributed by atoms with E-state index in [0.29, 0.717) is 11.1 Å². The molecule has 0 aliphatic carbocycles. The quantitative estimate of drug-likeness (QED) is 0.569. The van der Waals surface area contributed by atoms with E-state index in [0.717, 1.165) is 13.1 Å². The highest BCUT2D eigenvalue weighted by molar-refractivity contribution is 6.36. The van der Waals surface area contributed by atoms with E-state index >= 15 is 0 Å². The number of hydrogen-bond donors (Lipinski definition) is 0. The fraction of sp³-hybridized carbons (Fsp3) is 0.286. The lowest BCUT2D eigenvalue weighted by molar-refractivity contribution is -0.143. The average Bonchev–Trinajstić information content (AvgIpc) is 3.00. The molecule has 0 fully saturated rings. The van der Waals surface area contributed by atoms with Crippen LogP contribution >= 0.6 is 23.2 Å². The van der Waals surface area contributed by atoms with Gasteiger partial charge in [0.05, 0.1) is 15.6 Å². The molecule has 3 aromatic rings. The van der Waals surface area contributed by atoms with Crippen LogP contribution in [0.25, 0.3) is 22.4 Å². The van der Waals surface area contributed by atoms with Gasteiger partial charge in [-0.1, -0.05) is 30.1 Å². The molecule has 0 N–H and O–H groups in total. The summed E-state index contributed by atoms with van der Waals surface area (Å²) in [5, 5.41) is 2.98. The number of aromatic nitrogens is 3. The zero-order valence-electron chi connectivity index (χ0n) is 12.3. The van der Waals surface area contributed by atoms with Crippen molar-refractivity contribution in [3.8, 4) is 11.3 Å². The summed E-state index contributed by atoms with van der Waals surface area (Å²) in [7, 11) is 1.07. The molecule has 2 aromatic heterocycles. The summed E-state index contributed by atoms with van der Waals surface area (Å²) in [5.41, 5.74) is -1.83. The minimum Gasteiger partial charge on any atom is -0.440 e. The molecule has 4 nitrogen and oxygen atoms in total. The Hall–Kier alpha value is -1.80. The average molecular weight is 382 g/mol. The van der Waals surface area contributed by atoms with Crippen molar-refractivity contribution in [3.05, 3.63) is 33.5 Å². The van der Waals surface area contributed by atoms with Crippen molar-refractivity contribution in [2.75, 3.05) is 0 Å². The minimum absolute atomic E-state index is 0.0159. The summed E-state index contributed by atoms with van der Waals surface area (Å²) in [5.74, 6) is -0.637. The fourth-order valence-electron chi connectivity index (χ4n) is 2.39. The van der Waals surface area contributed by atoms with Crippen molar-refractivity contribution in [2.45, 2.75) is 19.5 Å². The molecule has 128 valence electrons. The third-order valence-corrected chi connectivity index (χ3v) is 4.06. The van der Waals surface area contributed by atoms with Crippen LogP contribution in [0.15, 0.2) is 10.5 Å². The molecule has 0 spiro atoms. The van der Waals surface area contributed by atoms with Crippen LogP contribution in [0.5, 0.6) is 0 Å². The predicted molar refractivity (Wildman–Crippen MR) is 80.6 cm³/mol. The number of fused-ring (bicyclic) bond motifs is 1. The molecule has 10 heteroatoms. The van der Waals surface area contributed by atoms with Gasteiger partial charge in [0.2, 0.25) is 0 Å². The maximum absolute atomic E-state index is 14.4. The molecule has 0 aliphatic rings. The summed E-state index contributed by atoms with van der Waals surface area (Å²) in [6, 6.07) is 0.944. The second-order valence-corrected chi connectivity index (χ2v) is 5.77. The first-order valence-corrected chi connectivity index (χ1v) is 7.48. The number of aryl methyl sites for hydroxylation is 2. The van der Waals surface area contributed by atoms with Gasteiger partial charge in [-0.25, -0.2) is 9.37 Å². The molecule has 1 aromatic carbocycles. The highest BCUT2D eigenvalue weighted by atomic mass is 35.5. The molecule has 0 saturated carbocycles. The van der Waals surface area contributed by atoms with Crippen molar-refractivity contribution in [2.24, 2.45) is 7.05 Å².